The largest absolute Gasteiger partial charge is 0.375 e. The molecule has 100 valence electrons. The minimum Gasteiger partial charge on any atom is -0.375 e. The Morgan fingerprint density at radius 1 is 0.588 bits per heavy atom. The molecule has 0 saturated heterocycles. The van der Waals surface area contributed by atoms with Crippen molar-refractivity contribution in [3.63, 3.8) is 0 Å². The van der Waals surface area contributed by atoms with E-state index in [4.69, 9.17) is 18.9 Å². The molecule has 5 nitrogen and oxygen atoms in total. The van der Waals surface area contributed by atoms with Gasteiger partial charge in [0.05, 0.1) is 65.9 Å². The smallest absolute Gasteiger partial charge is 0.0993 e. The van der Waals surface area contributed by atoms with Gasteiger partial charge in [0.2, 0.25) is 0 Å². The molecule has 0 fully saturated rings. The molecule has 0 radical (unpaired) electrons. The van der Waals surface area contributed by atoms with E-state index >= 15 is 0 Å². The maximum absolute atomic E-state index is 5.41. The fourth-order valence-corrected chi connectivity index (χ4v) is 1.36. The average Bonchev–Trinajstić information content (AvgIpc) is 2.35. The lowest BCUT2D eigenvalue weighted by molar-refractivity contribution is -0.657. The first-order valence-electron chi connectivity index (χ1n) is 6.28. The van der Waals surface area contributed by atoms with Gasteiger partial charge in [0.15, 0.2) is 0 Å². The van der Waals surface area contributed by atoms with E-state index in [1.807, 2.05) is 12.2 Å². The summed E-state index contributed by atoms with van der Waals surface area (Å²) in [5.74, 6) is 0. The Morgan fingerprint density at radius 2 is 1.06 bits per heavy atom. The summed E-state index contributed by atoms with van der Waals surface area (Å²) < 4.78 is 21.5. The van der Waals surface area contributed by atoms with Crippen LogP contribution in [0.25, 0.3) is 0 Å². The van der Waals surface area contributed by atoms with E-state index in [-0.39, 0.29) is 0 Å². The van der Waals surface area contributed by atoms with Gasteiger partial charge < -0.3 is 24.3 Å². The van der Waals surface area contributed by atoms with Gasteiger partial charge in [-0.05, 0) is 0 Å². The molecule has 1 rings (SSSR count). The maximum atomic E-state index is 5.41. The van der Waals surface area contributed by atoms with E-state index in [1.165, 1.54) is 0 Å². The summed E-state index contributed by atoms with van der Waals surface area (Å²) in [6.45, 7) is 7.33. The van der Waals surface area contributed by atoms with E-state index in [1.54, 1.807) is 0 Å². The maximum Gasteiger partial charge on any atom is 0.0993 e. The SMILES string of the molecule is C1=C\COCCOCC[NH2+]CCOCCOC/1. The lowest BCUT2D eigenvalue weighted by atomic mass is 10.5. The van der Waals surface area contributed by atoms with Crippen LogP contribution in [0.4, 0.5) is 0 Å². The van der Waals surface area contributed by atoms with Crippen molar-refractivity contribution in [2.24, 2.45) is 0 Å². The predicted molar refractivity (Wildman–Crippen MR) is 64.1 cm³/mol. The van der Waals surface area contributed by atoms with Crippen molar-refractivity contribution in [3.8, 4) is 0 Å². The molecular formula is C12H24NO4+. The predicted octanol–water partition coefficient (Wildman–Crippen LogP) is -0.814. The quantitative estimate of drug-likeness (QED) is 0.568. The van der Waals surface area contributed by atoms with E-state index < -0.39 is 0 Å². The Balaban J connectivity index is 2.07. The Hall–Kier alpha value is -0.460. The Morgan fingerprint density at radius 3 is 1.59 bits per heavy atom. The summed E-state index contributed by atoms with van der Waals surface area (Å²) in [6.07, 6.45) is 3.93. The zero-order valence-electron chi connectivity index (χ0n) is 10.4. The average molecular weight is 246 g/mol. The summed E-state index contributed by atoms with van der Waals surface area (Å²) in [6, 6.07) is 0. The number of quaternary nitrogens is 1. The molecule has 0 bridgehead atoms. The van der Waals surface area contributed by atoms with Crippen LogP contribution in [-0.2, 0) is 18.9 Å². The highest BCUT2D eigenvalue weighted by Crippen LogP contribution is 1.83. The molecule has 5 heteroatoms. The van der Waals surface area contributed by atoms with Crippen LogP contribution in [0.3, 0.4) is 0 Å². The third-order valence-corrected chi connectivity index (χ3v) is 2.27. The standard InChI is InChI=1S/C12H23NO4/c1-2-6-15-10-12-17-8-4-13-3-7-16-11-9-14-5-1/h1-2,13H,3-12H2/p+1/b2-1-. The molecule has 1 heterocycles. The monoisotopic (exact) mass is 246 g/mol. The van der Waals surface area contributed by atoms with Crippen molar-refractivity contribution in [3.05, 3.63) is 12.2 Å². The Labute approximate surface area is 103 Å². The van der Waals surface area contributed by atoms with Crippen LogP contribution in [0.5, 0.6) is 0 Å². The van der Waals surface area contributed by atoms with Crippen molar-refractivity contribution >= 4 is 0 Å². The molecule has 2 N–H and O–H groups in total. The van der Waals surface area contributed by atoms with Crippen LogP contribution < -0.4 is 5.32 Å². The molecule has 0 saturated carbocycles. The van der Waals surface area contributed by atoms with Crippen molar-refractivity contribution in [2.75, 3.05) is 65.9 Å². The highest BCUT2D eigenvalue weighted by molar-refractivity contribution is 4.81. The van der Waals surface area contributed by atoms with E-state index in [0.29, 0.717) is 39.6 Å². The van der Waals surface area contributed by atoms with E-state index in [9.17, 15) is 0 Å². The molecule has 1 aliphatic rings. The second kappa shape index (κ2) is 12.0. The molecule has 0 unspecified atom stereocenters. The molecule has 0 aromatic rings. The van der Waals surface area contributed by atoms with Crippen molar-refractivity contribution < 1.29 is 24.3 Å². The Bertz CT molecular complexity index is 169. The van der Waals surface area contributed by atoms with Crippen LogP contribution >= 0.6 is 0 Å². The third-order valence-electron chi connectivity index (χ3n) is 2.27. The van der Waals surface area contributed by atoms with Gasteiger partial charge >= 0.3 is 0 Å². The summed E-state index contributed by atoms with van der Waals surface area (Å²) in [5, 5.41) is 2.20. The highest BCUT2D eigenvalue weighted by atomic mass is 16.5. The number of rotatable bonds is 0. The molecule has 0 atom stereocenters. The first-order valence-corrected chi connectivity index (χ1v) is 6.28. The van der Waals surface area contributed by atoms with Gasteiger partial charge in [-0.2, -0.15) is 0 Å². The summed E-state index contributed by atoms with van der Waals surface area (Å²) >= 11 is 0. The molecule has 0 aliphatic carbocycles. The van der Waals surface area contributed by atoms with Crippen LogP contribution in [0, 0.1) is 0 Å². The summed E-state index contributed by atoms with van der Waals surface area (Å²) in [5.41, 5.74) is 0. The summed E-state index contributed by atoms with van der Waals surface area (Å²) in [4.78, 5) is 0. The fourth-order valence-electron chi connectivity index (χ4n) is 1.36. The molecule has 17 heavy (non-hydrogen) atoms. The van der Waals surface area contributed by atoms with Crippen LogP contribution in [-0.4, -0.2) is 65.9 Å². The fraction of sp³-hybridized carbons (Fsp3) is 0.833. The number of hydrogen-bond acceptors (Lipinski definition) is 4. The van der Waals surface area contributed by atoms with E-state index in [2.05, 4.69) is 5.32 Å². The lowest BCUT2D eigenvalue weighted by Gasteiger charge is -2.05. The molecule has 1 aliphatic heterocycles. The van der Waals surface area contributed by atoms with E-state index in [0.717, 1.165) is 26.3 Å². The second-order valence-corrected chi connectivity index (χ2v) is 3.71. The minimum atomic E-state index is 0.620. The topological polar surface area (TPSA) is 53.5 Å². The molecule has 0 amide bonds. The van der Waals surface area contributed by atoms with Crippen LogP contribution in [0.15, 0.2) is 12.2 Å². The second-order valence-electron chi connectivity index (χ2n) is 3.71. The normalized spacial score (nSPS) is 24.9. The molecular weight excluding hydrogens is 222 g/mol. The molecule has 0 aromatic heterocycles. The van der Waals surface area contributed by atoms with Gasteiger partial charge in [0.1, 0.15) is 0 Å². The lowest BCUT2D eigenvalue weighted by Crippen LogP contribution is -2.86. The van der Waals surface area contributed by atoms with Gasteiger partial charge in [-0.15, -0.1) is 0 Å². The van der Waals surface area contributed by atoms with Gasteiger partial charge in [0, 0.05) is 0 Å². The van der Waals surface area contributed by atoms with Gasteiger partial charge in [-0.1, -0.05) is 12.2 Å². The zero-order valence-corrected chi connectivity index (χ0v) is 10.4. The first kappa shape index (κ1) is 14.6. The number of ether oxygens (including phenoxy) is 4. The van der Waals surface area contributed by atoms with Crippen LogP contribution in [0.1, 0.15) is 0 Å². The van der Waals surface area contributed by atoms with Gasteiger partial charge in [-0.25, -0.2) is 0 Å². The van der Waals surface area contributed by atoms with Crippen molar-refractivity contribution in [1.82, 2.24) is 0 Å². The first-order chi connectivity index (χ1) is 8.50. The summed E-state index contributed by atoms with van der Waals surface area (Å²) in [7, 11) is 0. The van der Waals surface area contributed by atoms with Gasteiger partial charge in [0.25, 0.3) is 0 Å². The van der Waals surface area contributed by atoms with Crippen LogP contribution in [0.2, 0.25) is 0 Å². The number of hydrogen-bond donors (Lipinski definition) is 1. The molecule has 0 aromatic carbocycles. The molecule has 0 spiro atoms. The zero-order chi connectivity index (χ0) is 12.0. The van der Waals surface area contributed by atoms with Crippen molar-refractivity contribution in [2.45, 2.75) is 0 Å². The number of nitrogens with two attached hydrogens (primary N) is 1. The van der Waals surface area contributed by atoms with Gasteiger partial charge in [-0.3, -0.25) is 0 Å². The van der Waals surface area contributed by atoms with Crippen molar-refractivity contribution in [1.29, 1.82) is 0 Å². The minimum absolute atomic E-state index is 0.620. The Kier molecular flexibility index (Phi) is 10.3. The third kappa shape index (κ3) is 10.4. The highest BCUT2D eigenvalue weighted by Gasteiger charge is 1.94.